The number of nitrogens with zero attached hydrogens (tertiary/aromatic N) is 4. The molecule has 0 aliphatic heterocycles. The number of hydrogen-bond acceptors (Lipinski definition) is 7. The summed E-state index contributed by atoms with van der Waals surface area (Å²) in [7, 11) is -3.68. The molecular weight excluding hydrogens is 511 g/mol. The molecule has 0 fully saturated rings. The van der Waals surface area contributed by atoms with Crippen LogP contribution in [0.3, 0.4) is 0 Å². The van der Waals surface area contributed by atoms with Crippen LogP contribution in [0.5, 0.6) is 0 Å². The second kappa shape index (κ2) is 9.34. The number of rotatable bonds is 5. The van der Waals surface area contributed by atoms with Crippen LogP contribution in [-0.4, -0.2) is 33.9 Å². The quantitative estimate of drug-likeness (QED) is 0.352. The lowest BCUT2D eigenvalue weighted by Crippen LogP contribution is -2.40. The fourth-order valence-corrected chi connectivity index (χ4v) is 6.01. The van der Waals surface area contributed by atoms with E-state index in [1.807, 2.05) is 0 Å². The second-order valence-corrected chi connectivity index (χ2v) is 12.0. The van der Waals surface area contributed by atoms with Crippen molar-refractivity contribution in [1.82, 2.24) is 24.7 Å². The van der Waals surface area contributed by atoms with Crippen LogP contribution in [-0.2, 0) is 16.2 Å². The number of thiophene rings is 1. The zero-order valence-corrected chi connectivity index (χ0v) is 21.4. The number of nitrogens with one attached hydrogen (secondary N) is 1. The van der Waals surface area contributed by atoms with Gasteiger partial charge in [0, 0.05) is 34.8 Å². The summed E-state index contributed by atoms with van der Waals surface area (Å²) < 4.78 is 66.7. The van der Waals surface area contributed by atoms with E-state index in [0.29, 0.717) is 38.9 Å². The average Bonchev–Trinajstić information content (AvgIpc) is 3.28. The lowest BCUT2D eigenvalue weighted by Gasteiger charge is -2.19. The predicted molar refractivity (Wildman–Crippen MR) is 132 cm³/mol. The molecule has 188 valence electrons. The second-order valence-electron chi connectivity index (χ2n) is 9.05. The molecule has 0 spiro atoms. The standard InChI is InChI=1S/C24H22F3N5O2S2/c1-14-11-17(16-5-7-20(29-13-16)24(25,26)27)31-22(30-14)15-9-10-28-18(12-15)19-6-8-21(35-19)36(33,34)32-23(2,3)4/h5-13,32H,1-4H3. The Morgan fingerprint density at radius 3 is 2.28 bits per heavy atom. The molecule has 0 radical (unpaired) electrons. The van der Waals surface area contributed by atoms with Crippen molar-refractivity contribution in [2.24, 2.45) is 0 Å². The van der Waals surface area contributed by atoms with Crippen molar-refractivity contribution in [3.63, 3.8) is 0 Å². The Morgan fingerprint density at radius 2 is 1.64 bits per heavy atom. The van der Waals surface area contributed by atoms with E-state index in [4.69, 9.17) is 0 Å². The fourth-order valence-electron chi connectivity index (χ4n) is 3.32. The summed E-state index contributed by atoms with van der Waals surface area (Å²) in [5.74, 6) is 0.354. The number of hydrogen-bond donors (Lipinski definition) is 1. The summed E-state index contributed by atoms with van der Waals surface area (Å²) in [6.45, 7) is 7.05. The minimum atomic E-state index is -4.53. The predicted octanol–water partition coefficient (Wildman–Crippen LogP) is 5.73. The van der Waals surface area contributed by atoms with Crippen LogP contribution in [0.25, 0.3) is 33.2 Å². The van der Waals surface area contributed by atoms with E-state index in [-0.39, 0.29) is 4.21 Å². The van der Waals surface area contributed by atoms with Gasteiger partial charge in [-0.15, -0.1) is 11.3 Å². The van der Waals surface area contributed by atoms with E-state index in [1.54, 1.807) is 58.2 Å². The molecule has 12 heteroatoms. The van der Waals surface area contributed by atoms with Gasteiger partial charge in [0.1, 0.15) is 9.90 Å². The monoisotopic (exact) mass is 533 g/mol. The van der Waals surface area contributed by atoms with Crippen molar-refractivity contribution in [1.29, 1.82) is 0 Å². The van der Waals surface area contributed by atoms with Gasteiger partial charge < -0.3 is 0 Å². The molecule has 0 bridgehead atoms. The minimum Gasteiger partial charge on any atom is -0.255 e. The third kappa shape index (κ3) is 5.94. The maximum Gasteiger partial charge on any atom is 0.433 e. The molecule has 0 amide bonds. The zero-order chi connectivity index (χ0) is 26.3. The molecule has 0 saturated heterocycles. The summed E-state index contributed by atoms with van der Waals surface area (Å²) in [5.41, 5.74) is 1.02. The molecule has 0 aliphatic rings. The van der Waals surface area contributed by atoms with Gasteiger partial charge in [0.2, 0.25) is 0 Å². The number of halogens is 3. The van der Waals surface area contributed by atoms with Crippen LogP contribution in [0.2, 0.25) is 0 Å². The van der Waals surface area contributed by atoms with Gasteiger partial charge in [-0.3, -0.25) is 9.97 Å². The molecule has 36 heavy (non-hydrogen) atoms. The van der Waals surface area contributed by atoms with Crippen LogP contribution >= 0.6 is 11.3 Å². The Morgan fingerprint density at radius 1 is 0.889 bits per heavy atom. The molecule has 4 heterocycles. The van der Waals surface area contributed by atoms with Gasteiger partial charge in [-0.1, -0.05) is 0 Å². The summed E-state index contributed by atoms with van der Waals surface area (Å²) in [6, 6.07) is 10.6. The first-order valence-corrected chi connectivity index (χ1v) is 13.0. The lowest BCUT2D eigenvalue weighted by atomic mass is 10.1. The summed E-state index contributed by atoms with van der Waals surface area (Å²) in [5, 5.41) is 0. The van der Waals surface area contributed by atoms with Crippen LogP contribution in [0.4, 0.5) is 13.2 Å². The smallest absolute Gasteiger partial charge is 0.255 e. The first-order chi connectivity index (χ1) is 16.7. The van der Waals surface area contributed by atoms with Crippen molar-refractivity contribution in [3.8, 4) is 33.2 Å². The normalized spacial score (nSPS) is 12.6. The SMILES string of the molecule is Cc1cc(-c2ccc(C(F)(F)F)nc2)nc(-c2ccnc(-c3ccc(S(=O)(=O)NC(C)(C)C)s3)c2)n1. The molecule has 4 aromatic rings. The molecule has 0 unspecified atom stereocenters. The first kappa shape index (κ1) is 25.9. The van der Waals surface area contributed by atoms with E-state index in [2.05, 4.69) is 24.7 Å². The van der Waals surface area contributed by atoms with Crippen molar-refractivity contribution < 1.29 is 21.6 Å². The largest absolute Gasteiger partial charge is 0.433 e. The average molecular weight is 534 g/mol. The maximum atomic E-state index is 12.9. The molecular formula is C24H22F3N5O2S2. The van der Waals surface area contributed by atoms with Gasteiger partial charge in [-0.05, 0) is 70.2 Å². The van der Waals surface area contributed by atoms with Crippen LogP contribution in [0.1, 0.15) is 32.2 Å². The first-order valence-electron chi connectivity index (χ1n) is 10.7. The number of aromatic nitrogens is 4. The van der Waals surface area contributed by atoms with Gasteiger partial charge in [-0.25, -0.2) is 23.1 Å². The molecule has 0 aliphatic carbocycles. The van der Waals surface area contributed by atoms with E-state index in [1.165, 1.54) is 12.1 Å². The van der Waals surface area contributed by atoms with E-state index in [0.717, 1.165) is 23.6 Å². The molecule has 7 nitrogen and oxygen atoms in total. The van der Waals surface area contributed by atoms with Crippen LogP contribution in [0.15, 0.2) is 59.1 Å². The van der Waals surface area contributed by atoms with Gasteiger partial charge >= 0.3 is 6.18 Å². The van der Waals surface area contributed by atoms with E-state index in [9.17, 15) is 21.6 Å². The van der Waals surface area contributed by atoms with Gasteiger partial charge in [-0.2, -0.15) is 13.2 Å². The van der Waals surface area contributed by atoms with Crippen molar-refractivity contribution in [2.75, 3.05) is 0 Å². The molecule has 1 N–H and O–H groups in total. The Hall–Kier alpha value is -3.22. The Labute approximate surface area is 210 Å². The fraction of sp³-hybridized carbons (Fsp3) is 0.250. The topological polar surface area (TPSA) is 97.7 Å². The highest BCUT2D eigenvalue weighted by atomic mass is 32.2. The summed E-state index contributed by atoms with van der Waals surface area (Å²) >= 11 is 1.09. The van der Waals surface area contributed by atoms with E-state index < -0.39 is 27.4 Å². The highest BCUT2D eigenvalue weighted by Gasteiger charge is 2.32. The molecule has 0 saturated carbocycles. The van der Waals surface area contributed by atoms with Crippen molar-refractivity contribution >= 4 is 21.4 Å². The van der Waals surface area contributed by atoms with Crippen molar-refractivity contribution in [2.45, 2.75) is 43.6 Å². The number of alkyl halides is 3. The third-order valence-corrected chi connectivity index (χ3v) is 8.12. The molecule has 4 rings (SSSR count). The van der Waals surface area contributed by atoms with Gasteiger partial charge in [0.15, 0.2) is 5.82 Å². The number of pyridine rings is 2. The third-order valence-electron chi connectivity index (χ3n) is 4.76. The highest BCUT2D eigenvalue weighted by Crippen LogP contribution is 2.33. The maximum absolute atomic E-state index is 12.9. The van der Waals surface area contributed by atoms with Gasteiger partial charge in [0.25, 0.3) is 10.0 Å². The number of sulfonamides is 1. The lowest BCUT2D eigenvalue weighted by molar-refractivity contribution is -0.141. The van der Waals surface area contributed by atoms with Gasteiger partial charge in [0.05, 0.1) is 16.3 Å². The Kier molecular flexibility index (Phi) is 6.71. The number of aryl methyl sites for hydroxylation is 1. The molecule has 0 atom stereocenters. The Bertz CT molecular complexity index is 1510. The zero-order valence-electron chi connectivity index (χ0n) is 19.8. The van der Waals surface area contributed by atoms with E-state index >= 15 is 0 Å². The minimum absolute atomic E-state index is 0.170. The molecule has 4 aromatic heterocycles. The summed E-state index contributed by atoms with van der Waals surface area (Å²) in [6.07, 6.45) is -1.83. The molecule has 0 aromatic carbocycles. The van der Waals surface area contributed by atoms with Crippen LogP contribution in [0, 0.1) is 6.92 Å². The summed E-state index contributed by atoms with van der Waals surface area (Å²) in [4.78, 5) is 17.5. The highest BCUT2D eigenvalue weighted by molar-refractivity contribution is 7.91. The Balaban J connectivity index is 1.67. The van der Waals surface area contributed by atoms with Crippen molar-refractivity contribution in [3.05, 3.63) is 66.2 Å². The van der Waals surface area contributed by atoms with Crippen LogP contribution < -0.4 is 4.72 Å².